The van der Waals surface area contributed by atoms with Gasteiger partial charge in [0.05, 0.1) is 22.2 Å². The van der Waals surface area contributed by atoms with Crippen molar-refractivity contribution in [3.8, 4) is 17.5 Å². The highest BCUT2D eigenvalue weighted by Crippen LogP contribution is 2.31. The summed E-state index contributed by atoms with van der Waals surface area (Å²) in [7, 11) is 0. The van der Waals surface area contributed by atoms with Crippen LogP contribution >= 0.6 is 23.2 Å². The number of hydrogen-bond donors (Lipinski definition) is 0. The SMILES string of the molecule is CCOC(=O)c1c(C#N)cn2nc(-c3ccc(C(C)(C)C)cc3)n(C(=O)c3ccc(Cl)c(Cl)c3)c12. The van der Waals surface area contributed by atoms with Gasteiger partial charge in [-0.1, -0.05) is 68.2 Å². The molecule has 178 valence electrons. The Balaban J connectivity index is 2.01. The van der Waals surface area contributed by atoms with Gasteiger partial charge in [-0.25, -0.2) is 13.9 Å². The second-order valence-electron chi connectivity index (χ2n) is 8.94. The van der Waals surface area contributed by atoms with Crippen molar-refractivity contribution in [1.29, 1.82) is 5.26 Å². The van der Waals surface area contributed by atoms with Crippen LogP contribution in [0.3, 0.4) is 0 Å². The van der Waals surface area contributed by atoms with Crippen molar-refractivity contribution in [2.45, 2.75) is 33.1 Å². The number of nitrogens with zero attached hydrogens (tertiary/aromatic N) is 4. The van der Waals surface area contributed by atoms with Crippen molar-refractivity contribution in [2.24, 2.45) is 0 Å². The molecule has 0 amide bonds. The average Bonchev–Trinajstić information content (AvgIpc) is 3.35. The molecule has 4 rings (SSSR count). The molecule has 4 aromatic rings. The fourth-order valence-corrected chi connectivity index (χ4v) is 4.06. The molecule has 0 aliphatic carbocycles. The third-order valence-electron chi connectivity index (χ3n) is 5.57. The highest BCUT2D eigenvalue weighted by molar-refractivity contribution is 6.42. The lowest BCUT2D eigenvalue weighted by atomic mass is 9.86. The van der Waals surface area contributed by atoms with Gasteiger partial charge in [0.2, 0.25) is 0 Å². The van der Waals surface area contributed by atoms with Gasteiger partial charge in [0.25, 0.3) is 5.91 Å². The Labute approximate surface area is 212 Å². The van der Waals surface area contributed by atoms with E-state index in [0.717, 1.165) is 5.56 Å². The van der Waals surface area contributed by atoms with Crippen molar-refractivity contribution < 1.29 is 14.3 Å². The molecule has 2 aromatic heterocycles. The summed E-state index contributed by atoms with van der Waals surface area (Å²) in [4.78, 5) is 26.6. The van der Waals surface area contributed by atoms with Gasteiger partial charge >= 0.3 is 5.97 Å². The number of nitriles is 1. The molecule has 2 aromatic carbocycles. The maximum Gasteiger partial charge on any atom is 0.343 e. The predicted molar refractivity (Wildman–Crippen MR) is 134 cm³/mol. The lowest BCUT2D eigenvalue weighted by Crippen LogP contribution is -2.16. The minimum absolute atomic E-state index is 0.0344. The number of carbonyl (C=O) groups is 2. The first-order valence-corrected chi connectivity index (χ1v) is 11.6. The van der Waals surface area contributed by atoms with Crippen LogP contribution in [-0.2, 0) is 10.2 Å². The summed E-state index contributed by atoms with van der Waals surface area (Å²) < 4.78 is 7.84. The molecule has 0 bridgehead atoms. The molecule has 0 aliphatic heterocycles. The Kier molecular flexibility index (Phi) is 6.46. The van der Waals surface area contributed by atoms with E-state index in [9.17, 15) is 14.9 Å². The lowest BCUT2D eigenvalue weighted by Gasteiger charge is -2.19. The molecule has 35 heavy (non-hydrogen) atoms. The summed E-state index contributed by atoms with van der Waals surface area (Å²) in [6, 6.07) is 14.2. The van der Waals surface area contributed by atoms with Crippen LogP contribution in [0.25, 0.3) is 17.0 Å². The lowest BCUT2D eigenvalue weighted by molar-refractivity contribution is 0.0528. The molecule has 0 saturated heterocycles. The first kappa shape index (κ1) is 24.5. The average molecular weight is 509 g/mol. The van der Waals surface area contributed by atoms with Gasteiger partial charge in [-0.2, -0.15) is 5.26 Å². The van der Waals surface area contributed by atoms with Gasteiger partial charge in [0, 0.05) is 17.3 Å². The monoisotopic (exact) mass is 508 g/mol. The second-order valence-corrected chi connectivity index (χ2v) is 9.75. The third kappa shape index (κ3) is 4.43. The maximum absolute atomic E-state index is 13.8. The van der Waals surface area contributed by atoms with Crippen LogP contribution < -0.4 is 0 Å². The summed E-state index contributed by atoms with van der Waals surface area (Å²) >= 11 is 12.2. The Morgan fingerprint density at radius 2 is 1.77 bits per heavy atom. The van der Waals surface area contributed by atoms with Gasteiger partial charge in [-0.3, -0.25) is 4.79 Å². The second kappa shape index (κ2) is 9.21. The van der Waals surface area contributed by atoms with Crippen LogP contribution in [0.5, 0.6) is 0 Å². The molecule has 9 heteroatoms. The van der Waals surface area contributed by atoms with Crippen LogP contribution in [0.2, 0.25) is 10.0 Å². The summed E-state index contributed by atoms with van der Waals surface area (Å²) in [5, 5.41) is 14.7. The van der Waals surface area contributed by atoms with E-state index >= 15 is 0 Å². The first-order chi connectivity index (χ1) is 16.6. The highest BCUT2D eigenvalue weighted by atomic mass is 35.5. The van der Waals surface area contributed by atoms with Crippen molar-refractivity contribution in [2.75, 3.05) is 6.61 Å². The number of carbonyl (C=O) groups excluding carboxylic acids is 2. The molecule has 0 N–H and O–H groups in total. The number of benzene rings is 2. The molecule has 0 saturated carbocycles. The summed E-state index contributed by atoms with van der Waals surface area (Å²) in [6.45, 7) is 8.09. The van der Waals surface area contributed by atoms with Crippen LogP contribution in [0.4, 0.5) is 0 Å². The number of aromatic nitrogens is 3. The van der Waals surface area contributed by atoms with E-state index in [1.165, 1.54) is 33.5 Å². The van der Waals surface area contributed by atoms with Crippen molar-refractivity contribution in [3.63, 3.8) is 0 Å². The number of esters is 1. The minimum Gasteiger partial charge on any atom is -0.462 e. The molecule has 0 unspecified atom stereocenters. The van der Waals surface area contributed by atoms with Gasteiger partial charge in [0.15, 0.2) is 11.5 Å². The molecular formula is C26H22Cl2N4O3. The first-order valence-electron chi connectivity index (χ1n) is 10.9. The van der Waals surface area contributed by atoms with Crippen LogP contribution in [0, 0.1) is 11.3 Å². The Morgan fingerprint density at radius 1 is 1.09 bits per heavy atom. The quantitative estimate of drug-likeness (QED) is 0.308. The number of hydrogen-bond acceptors (Lipinski definition) is 5. The Bertz CT molecular complexity index is 1500. The van der Waals surface area contributed by atoms with E-state index in [1.54, 1.807) is 6.92 Å². The highest BCUT2D eigenvalue weighted by Gasteiger charge is 2.29. The molecule has 0 aliphatic rings. The number of rotatable bonds is 4. The normalized spacial score (nSPS) is 11.5. The summed E-state index contributed by atoms with van der Waals surface area (Å²) in [6.07, 6.45) is 1.41. The van der Waals surface area contributed by atoms with Gasteiger partial charge in [0.1, 0.15) is 11.6 Å². The molecular weight excluding hydrogens is 487 g/mol. The number of fused-ring (bicyclic) bond motifs is 1. The van der Waals surface area contributed by atoms with E-state index < -0.39 is 11.9 Å². The molecule has 2 heterocycles. The van der Waals surface area contributed by atoms with E-state index in [4.69, 9.17) is 27.9 Å². The van der Waals surface area contributed by atoms with Gasteiger partial charge < -0.3 is 4.74 Å². The maximum atomic E-state index is 13.8. The van der Waals surface area contributed by atoms with Crippen LogP contribution in [-0.4, -0.2) is 32.7 Å². The van der Waals surface area contributed by atoms with Crippen molar-refractivity contribution in [3.05, 3.63) is 81.0 Å². The largest absolute Gasteiger partial charge is 0.462 e. The van der Waals surface area contributed by atoms with Crippen LogP contribution in [0.1, 0.15) is 59.5 Å². The van der Waals surface area contributed by atoms with Crippen molar-refractivity contribution >= 4 is 40.7 Å². The molecule has 0 fully saturated rings. The molecule has 0 spiro atoms. The molecule has 0 radical (unpaired) electrons. The number of ether oxygens (including phenoxy) is 1. The van der Waals surface area contributed by atoms with E-state index in [2.05, 4.69) is 25.9 Å². The van der Waals surface area contributed by atoms with E-state index in [-0.39, 0.29) is 39.4 Å². The Hall–Kier alpha value is -3.60. The van der Waals surface area contributed by atoms with Gasteiger partial charge in [-0.15, -0.1) is 5.10 Å². The van der Waals surface area contributed by atoms with Crippen LogP contribution in [0.15, 0.2) is 48.7 Å². The minimum atomic E-state index is -0.718. The van der Waals surface area contributed by atoms with E-state index in [1.807, 2.05) is 30.3 Å². The zero-order valence-corrected chi connectivity index (χ0v) is 21.1. The smallest absolute Gasteiger partial charge is 0.343 e. The topological polar surface area (TPSA) is 89.4 Å². The zero-order valence-electron chi connectivity index (χ0n) is 19.6. The third-order valence-corrected chi connectivity index (χ3v) is 6.31. The van der Waals surface area contributed by atoms with E-state index in [0.29, 0.717) is 16.4 Å². The van der Waals surface area contributed by atoms with Gasteiger partial charge in [-0.05, 0) is 36.1 Å². The standard InChI is InChI=1S/C26H22Cl2N4O3/c1-5-35-25(34)21-17(13-29)14-31-23(21)32(24(33)16-8-11-19(27)20(28)12-16)22(30-31)15-6-9-18(10-7-15)26(2,3)4/h6-12,14H,5H2,1-4H3. The van der Waals surface area contributed by atoms with Crippen molar-refractivity contribution in [1.82, 2.24) is 14.2 Å². The number of halogens is 2. The summed E-state index contributed by atoms with van der Waals surface area (Å²) in [5.41, 5.74) is 2.09. The Morgan fingerprint density at radius 3 is 2.34 bits per heavy atom. The fourth-order valence-electron chi connectivity index (χ4n) is 3.77. The zero-order chi connectivity index (χ0) is 25.5. The molecule has 0 atom stereocenters. The fraction of sp³-hybridized carbons (Fsp3) is 0.231. The predicted octanol–water partition coefficient (Wildman–Crippen LogP) is 6.14. The summed E-state index contributed by atoms with van der Waals surface area (Å²) in [5.74, 6) is -0.912. The molecule has 7 nitrogen and oxygen atoms in total.